The molecule has 1 aromatic rings. The van der Waals surface area contributed by atoms with Crippen LogP contribution in [0, 0.1) is 0 Å². The fourth-order valence-corrected chi connectivity index (χ4v) is 1.49. The second-order valence-corrected chi connectivity index (χ2v) is 4.22. The molecular weight excluding hydrogens is 202 g/mol. The van der Waals surface area contributed by atoms with Crippen molar-refractivity contribution in [3.8, 4) is 0 Å². The zero-order valence-electron chi connectivity index (χ0n) is 9.73. The number of rotatable bonds is 4. The summed E-state index contributed by atoms with van der Waals surface area (Å²) in [5.41, 5.74) is 10.0. The molecule has 0 saturated heterocycles. The summed E-state index contributed by atoms with van der Waals surface area (Å²) in [4.78, 5) is 11.1. The Kier molecular flexibility index (Phi) is 4.46. The maximum Gasteiger partial charge on any atom is 0.251 e. The molecule has 0 spiro atoms. The van der Waals surface area contributed by atoms with E-state index in [4.69, 9.17) is 11.6 Å². The van der Waals surface area contributed by atoms with Gasteiger partial charge in [-0.1, -0.05) is 38.1 Å². The van der Waals surface area contributed by atoms with E-state index in [0.717, 1.165) is 5.56 Å². The summed E-state index contributed by atoms with van der Waals surface area (Å²) in [5.74, 6) is 5.18. The van der Waals surface area contributed by atoms with Gasteiger partial charge in [0.25, 0.3) is 5.91 Å². The Morgan fingerprint density at radius 1 is 1.31 bits per heavy atom. The lowest BCUT2D eigenvalue weighted by atomic mass is 9.99. The lowest BCUT2D eigenvalue weighted by Gasteiger charge is -2.11. The van der Waals surface area contributed by atoms with Crippen molar-refractivity contribution in [3.05, 3.63) is 35.4 Å². The van der Waals surface area contributed by atoms with Crippen molar-refractivity contribution in [1.29, 1.82) is 0 Å². The summed E-state index contributed by atoms with van der Waals surface area (Å²) in [7, 11) is 0. The van der Waals surface area contributed by atoms with Gasteiger partial charge >= 0.3 is 0 Å². The predicted octanol–water partition coefficient (Wildman–Crippen LogP) is 0.670. The summed E-state index contributed by atoms with van der Waals surface area (Å²) in [6.07, 6.45) is 0.501. The maximum atomic E-state index is 11.1. The summed E-state index contributed by atoms with van der Waals surface area (Å²) < 4.78 is 0. The third-order valence-electron chi connectivity index (χ3n) is 2.58. The van der Waals surface area contributed by atoms with Gasteiger partial charge in [-0.05, 0) is 23.5 Å². The van der Waals surface area contributed by atoms with Crippen molar-refractivity contribution in [2.24, 2.45) is 11.6 Å². The summed E-state index contributed by atoms with van der Waals surface area (Å²) in [6, 6.07) is 7.54. The van der Waals surface area contributed by atoms with Crippen molar-refractivity contribution < 1.29 is 4.79 Å². The highest BCUT2D eigenvalue weighted by molar-refractivity contribution is 5.81. The van der Waals surface area contributed by atoms with Crippen LogP contribution < -0.4 is 17.0 Å². The van der Waals surface area contributed by atoms with Crippen molar-refractivity contribution >= 4 is 5.91 Å². The molecule has 1 rings (SSSR count). The van der Waals surface area contributed by atoms with Gasteiger partial charge < -0.3 is 5.73 Å². The topological polar surface area (TPSA) is 81.1 Å². The second kappa shape index (κ2) is 5.63. The van der Waals surface area contributed by atoms with E-state index in [1.807, 2.05) is 12.1 Å². The number of carbonyl (C=O) groups excluding carboxylic acids is 1. The smallest absolute Gasteiger partial charge is 0.251 e. The van der Waals surface area contributed by atoms with Gasteiger partial charge in [0.1, 0.15) is 0 Å². The number of carbonyl (C=O) groups is 1. The molecule has 88 valence electrons. The van der Waals surface area contributed by atoms with Gasteiger partial charge in [-0.25, -0.2) is 5.84 Å². The Labute approximate surface area is 96.0 Å². The first-order chi connectivity index (χ1) is 7.54. The standard InChI is InChI=1S/C12H19N3O/c1-8(2)10-5-3-9(4-6-10)7-11(13)12(16)15-14/h3-6,8,11H,7,13-14H2,1-2H3,(H,15,16). The highest BCUT2D eigenvalue weighted by Gasteiger charge is 2.12. The number of nitrogens with two attached hydrogens (primary N) is 2. The molecule has 1 unspecified atom stereocenters. The molecule has 1 aromatic carbocycles. The monoisotopic (exact) mass is 221 g/mol. The molecule has 0 aliphatic carbocycles. The van der Waals surface area contributed by atoms with Crippen molar-refractivity contribution in [3.63, 3.8) is 0 Å². The highest BCUT2D eigenvalue weighted by atomic mass is 16.2. The zero-order chi connectivity index (χ0) is 12.1. The van der Waals surface area contributed by atoms with Crippen LogP contribution in [-0.2, 0) is 11.2 Å². The fraction of sp³-hybridized carbons (Fsp3) is 0.417. The van der Waals surface area contributed by atoms with Gasteiger partial charge in [0.2, 0.25) is 0 Å². The first-order valence-corrected chi connectivity index (χ1v) is 5.39. The van der Waals surface area contributed by atoms with Crippen LogP contribution >= 0.6 is 0 Å². The molecule has 1 atom stereocenters. The van der Waals surface area contributed by atoms with Gasteiger partial charge in [-0.2, -0.15) is 0 Å². The maximum absolute atomic E-state index is 11.1. The quantitative estimate of drug-likeness (QED) is 0.397. The average molecular weight is 221 g/mol. The normalized spacial score (nSPS) is 12.6. The molecule has 0 aromatic heterocycles. The minimum atomic E-state index is -0.588. The Bertz CT molecular complexity index is 346. The van der Waals surface area contributed by atoms with Gasteiger partial charge in [0.15, 0.2) is 0 Å². The Morgan fingerprint density at radius 3 is 2.31 bits per heavy atom. The van der Waals surface area contributed by atoms with Crippen molar-refractivity contribution in [2.75, 3.05) is 0 Å². The molecule has 4 nitrogen and oxygen atoms in total. The van der Waals surface area contributed by atoms with Crippen LogP contribution in [0.5, 0.6) is 0 Å². The van der Waals surface area contributed by atoms with Gasteiger partial charge in [-0.3, -0.25) is 10.2 Å². The third kappa shape index (κ3) is 3.32. The van der Waals surface area contributed by atoms with E-state index < -0.39 is 6.04 Å². The lowest BCUT2D eigenvalue weighted by molar-refractivity contribution is -0.122. The van der Waals surface area contributed by atoms with Crippen molar-refractivity contribution in [2.45, 2.75) is 32.2 Å². The summed E-state index contributed by atoms with van der Waals surface area (Å²) in [5, 5.41) is 0. The van der Waals surface area contributed by atoms with E-state index in [1.165, 1.54) is 5.56 Å². The Morgan fingerprint density at radius 2 is 1.88 bits per heavy atom. The summed E-state index contributed by atoms with van der Waals surface area (Å²) >= 11 is 0. The minimum absolute atomic E-state index is 0.340. The molecule has 0 fully saturated rings. The number of hydrogen-bond acceptors (Lipinski definition) is 3. The van der Waals surface area contributed by atoms with Gasteiger partial charge in [0.05, 0.1) is 6.04 Å². The average Bonchev–Trinajstić information content (AvgIpc) is 2.28. The Balaban J connectivity index is 2.65. The molecule has 0 radical (unpaired) electrons. The number of benzene rings is 1. The summed E-state index contributed by atoms with van der Waals surface area (Å²) in [6.45, 7) is 4.28. The molecule has 0 aliphatic rings. The van der Waals surface area contributed by atoms with Crippen LogP contribution in [0.4, 0.5) is 0 Å². The fourth-order valence-electron chi connectivity index (χ4n) is 1.49. The van der Waals surface area contributed by atoms with Gasteiger partial charge in [0, 0.05) is 0 Å². The molecule has 0 bridgehead atoms. The lowest BCUT2D eigenvalue weighted by Crippen LogP contribution is -2.45. The number of amides is 1. The first-order valence-electron chi connectivity index (χ1n) is 5.39. The molecule has 4 heteroatoms. The second-order valence-electron chi connectivity index (χ2n) is 4.22. The van der Waals surface area contributed by atoms with Crippen LogP contribution in [0.15, 0.2) is 24.3 Å². The van der Waals surface area contributed by atoms with Crippen LogP contribution in [0.2, 0.25) is 0 Å². The van der Waals surface area contributed by atoms with Crippen LogP contribution in [-0.4, -0.2) is 11.9 Å². The van der Waals surface area contributed by atoms with E-state index in [1.54, 1.807) is 0 Å². The largest absolute Gasteiger partial charge is 0.320 e. The van der Waals surface area contributed by atoms with E-state index in [0.29, 0.717) is 12.3 Å². The third-order valence-corrected chi connectivity index (χ3v) is 2.58. The highest BCUT2D eigenvalue weighted by Crippen LogP contribution is 2.15. The molecule has 0 saturated carbocycles. The number of hydrazine groups is 1. The van der Waals surface area contributed by atoms with E-state index in [2.05, 4.69) is 31.4 Å². The number of nitrogens with one attached hydrogen (secondary N) is 1. The van der Waals surface area contributed by atoms with E-state index >= 15 is 0 Å². The first kappa shape index (κ1) is 12.7. The SMILES string of the molecule is CC(C)c1ccc(CC(N)C(=O)NN)cc1. The van der Waals surface area contributed by atoms with Crippen molar-refractivity contribution in [1.82, 2.24) is 5.43 Å². The molecule has 5 N–H and O–H groups in total. The molecule has 0 heterocycles. The zero-order valence-corrected chi connectivity index (χ0v) is 9.73. The van der Waals surface area contributed by atoms with Crippen LogP contribution in [0.25, 0.3) is 0 Å². The number of hydrogen-bond donors (Lipinski definition) is 3. The van der Waals surface area contributed by atoms with E-state index in [9.17, 15) is 4.79 Å². The van der Waals surface area contributed by atoms with Crippen LogP contribution in [0.3, 0.4) is 0 Å². The van der Waals surface area contributed by atoms with Crippen LogP contribution in [0.1, 0.15) is 30.9 Å². The molecule has 0 aliphatic heterocycles. The van der Waals surface area contributed by atoms with E-state index in [-0.39, 0.29) is 5.91 Å². The van der Waals surface area contributed by atoms with Gasteiger partial charge in [-0.15, -0.1) is 0 Å². The molecule has 16 heavy (non-hydrogen) atoms. The minimum Gasteiger partial charge on any atom is -0.320 e. The Hall–Kier alpha value is -1.39. The molecular formula is C12H19N3O. The molecule has 1 amide bonds. The predicted molar refractivity (Wildman–Crippen MR) is 64.5 cm³/mol.